The Morgan fingerprint density at radius 2 is 2.31 bits per heavy atom. The molecule has 0 unspecified atom stereocenters. The van der Waals surface area contributed by atoms with E-state index in [0.717, 1.165) is 0 Å². The van der Waals surface area contributed by atoms with Crippen molar-refractivity contribution in [2.45, 2.75) is 6.92 Å². The number of aryl methyl sites for hydroxylation is 1. The molecule has 1 N–H and O–H groups in total. The van der Waals surface area contributed by atoms with Crippen molar-refractivity contribution >= 4 is 27.7 Å². The highest BCUT2D eigenvalue weighted by atomic mass is 79.9. The molecule has 0 aliphatic rings. The summed E-state index contributed by atoms with van der Waals surface area (Å²) in [6.07, 6.45) is 1.55. The minimum absolute atomic E-state index is 0.253. The van der Waals surface area contributed by atoms with Crippen LogP contribution >= 0.6 is 15.9 Å². The van der Waals surface area contributed by atoms with Crippen LogP contribution in [0.5, 0.6) is 0 Å². The van der Waals surface area contributed by atoms with E-state index < -0.39 is 0 Å². The molecule has 0 atom stereocenters. The van der Waals surface area contributed by atoms with E-state index in [4.69, 9.17) is 4.52 Å². The summed E-state index contributed by atoms with van der Waals surface area (Å²) in [4.78, 5) is 15.7. The third-order valence-electron chi connectivity index (χ3n) is 1.86. The molecule has 6 heteroatoms. The highest BCUT2D eigenvalue weighted by Gasteiger charge is 2.09. The first-order valence-corrected chi connectivity index (χ1v) is 5.30. The maximum Gasteiger partial charge on any atom is 0.257 e. The maximum atomic E-state index is 11.7. The second-order valence-electron chi connectivity index (χ2n) is 3.14. The van der Waals surface area contributed by atoms with E-state index in [1.807, 2.05) is 0 Å². The Morgan fingerprint density at radius 3 is 2.94 bits per heavy atom. The van der Waals surface area contributed by atoms with E-state index in [0.29, 0.717) is 21.7 Å². The zero-order valence-corrected chi connectivity index (χ0v) is 9.98. The first kappa shape index (κ1) is 10.8. The molecule has 0 spiro atoms. The van der Waals surface area contributed by atoms with Crippen molar-refractivity contribution in [1.82, 2.24) is 10.1 Å². The van der Waals surface area contributed by atoms with Gasteiger partial charge in [-0.05, 0) is 35.0 Å². The molecular weight excluding hydrogens is 274 g/mol. The molecule has 16 heavy (non-hydrogen) atoms. The van der Waals surface area contributed by atoms with Crippen molar-refractivity contribution in [2.75, 3.05) is 5.32 Å². The minimum Gasteiger partial charge on any atom is -0.360 e. The second kappa shape index (κ2) is 4.44. The average molecular weight is 282 g/mol. The minimum atomic E-state index is -0.253. The van der Waals surface area contributed by atoms with E-state index >= 15 is 0 Å². The highest BCUT2D eigenvalue weighted by molar-refractivity contribution is 9.10. The third-order valence-corrected chi connectivity index (χ3v) is 2.29. The number of carbonyl (C=O) groups excluding carboxylic acids is 1. The van der Waals surface area contributed by atoms with Gasteiger partial charge in [0.15, 0.2) is 5.82 Å². The summed E-state index contributed by atoms with van der Waals surface area (Å²) in [6, 6.07) is 4.89. The Bertz CT molecular complexity index is 524. The first-order valence-electron chi connectivity index (χ1n) is 4.51. The Balaban J connectivity index is 2.14. The molecule has 0 radical (unpaired) electrons. The van der Waals surface area contributed by atoms with Crippen molar-refractivity contribution in [2.24, 2.45) is 0 Å². The Morgan fingerprint density at radius 1 is 1.50 bits per heavy atom. The largest absolute Gasteiger partial charge is 0.360 e. The number of carbonyl (C=O) groups is 1. The molecule has 2 heterocycles. The summed E-state index contributed by atoms with van der Waals surface area (Å²) in [5.41, 5.74) is 0.502. The van der Waals surface area contributed by atoms with E-state index in [9.17, 15) is 4.79 Å². The number of hydrogen-bond acceptors (Lipinski definition) is 4. The van der Waals surface area contributed by atoms with Gasteiger partial charge in [-0.25, -0.2) is 4.98 Å². The number of nitrogens with one attached hydrogen (secondary N) is 1. The normalized spacial score (nSPS) is 10.1. The van der Waals surface area contributed by atoms with Gasteiger partial charge in [0.2, 0.25) is 0 Å². The number of hydrogen-bond donors (Lipinski definition) is 1. The van der Waals surface area contributed by atoms with Crippen molar-refractivity contribution in [3.8, 4) is 0 Å². The predicted molar refractivity (Wildman–Crippen MR) is 61.1 cm³/mol. The van der Waals surface area contributed by atoms with Gasteiger partial charge in [-0.3, -0.25) is 4.79 Å². The average Bonchev–Trinajstić information content (AvgIpc) is 2.64. The van der Waals surface area contributed by atoms with E-state index in [1.54, 1.807) is 31.3 Å². The SMILES string of the molecule is Cc1cc(NC(=O)c2ccnc(Br)c2)no1. The third kappa shape index (κ3) is 2.46. The van der Waals surface area contributed by atoms with Crippen LogP contribution < -0.4 is 5.32 Å². The van der Waals surface area contributed by atoms with Crippen LogP contribution in [0.25, 0.3) is 0 Å². The lowest BCUT2D eigenvalue weighted by Gasteiger charge is -2.00. The number of aromatic nitrogens is 2. The van der Waals surface area contributed by atoms with Crippen LogP contribution in [0.4, 0.5) is 5.82 Å². The lowest BCUT2D eigenvalue weighted by Crippen LogP contribution is -2.12. The van der Waals surface area contributed by atoms with Gasteiger partial charge in [0.25, 0.3) is 5.91 Å². The number of halogens is 1. The van der Waals surface area contributed by atoms with Gasteiger partial charge in [0.1, 0.15) is 10.4 Å². The number of pyridine rings is 1. The molecule has 2 rings (SSSR count). The molecule has 0 aliphatic heterocycles. The summed E-state index contributed by atoms with van der Waals surface area (Å²) >= 11 is 3.19. The van der Waals surface area contributed by atoms with Crippen LogP contribution in [0.2, 0.25) is 0 Å². The quantitative estimate of drug-likeness (QED) is 0.859. The van der Waals surface area contributed by atoms with Crippen LogP contribution in [-0.4, -0.2) is 16.0 Å². The molecule has 0 bridgehead atoms. The standard InChI is InChI=1S/C10H8BrN3O2/c1-6-4-9(14-16-6)13-10(15)7-2-3-12-8(11)5-7/h2-5H,1H3,(H,13,14,15). The Hall–Kier alpha value is -1.69. The topological polar surface area (TPSA) is 68.0 Å². The van der Waals surface area contributed by atoms with E-state index in [1.165, 1.54) is 0 Å². The van der Waals surface area contributed by atoms with Crippen molar-refractivity contribution in [3.05, 3.63) is 40.3 Å². The van der Waals surface area contributed by atoms with Gasteiger partial charge in [-0.2, -0.15) is 0 Å². The van der Waals surface area contributed by atoms with Gasteiger partial charge in [0.05, 0.1) is 0 Å². The molecule has 0 aliphatic carbocycles. The van der Waals surface area contributed by atoms with Gasteiger partial charge in [-0.1, -0.05) is 5.16 Å². The number of nitrogens with zero attached hydrogens (tertiary/aromatic N) is 2. The highest BCUT2D eigenvalue weighted by Crippen LogP contribution is 2.12. The molecule has 0 fully saturated rings. The van der Waals surface area contributed by atoms with Gasteiger partial charge < -0.3 is 9.84 Å². The molecule has 5 nitrogen and oxygen atoms in total. The van der Waals surface area contributed by atoms with E-state index in [-0.39, 0.29) is 5.91 Å². The zero-order valence-electron chi connectivity index (χ0n) is 8.40. The fourth-order valence-corrected chi connectivity index (χ4v) is 1.52. The monoisotopic (exact) mass is 281 g/mol. The fraction of sp³-hybridized carbons (Fsp3) is 0.100. The second-order valence-corrected chi connectivity index (χ2v) is 3.96. The lowest BCUT2D eigenvalue weighted by molar-refractivity contribution is 0.102. The summed E-state index contributed by atoms with van der Waals surface area (Å²) in [7, 11) is 0. The number of anilines is 1. The van der Waals surface area contributed by atoms with Crippen LogP contribution in [0.15, 0.2) is 33.5 Å². The molecule has 0 saturated carbocycles. The molecular formula is C10H8BrN3O2. The Kier molecular flexibility index (Phi) is 3.00. The molecule has 1 amide bonds. The molecule has 82 valence electrons. The van der Waals surface area contributed by atoms with Crippen LogP contribution in [-0.2, 0) is 0 Å². The van der Waals surface area contributed by atoms with Crippen LogP contribution in [0, 0.1) is 6.92 Å². The first-order chi connectivity index (χ1) is 7.65. The van der Waals surface area contributed by atoms with Crippen molar-refractivity contribution in [3.63, 3.8) is 0 Å². The van der Waals surface area contributed by atoms with Gasteiger partial charge in [-0.15, -0.1) is 0 Å². The predicted octanol–water partition coefficient (Wildman–Crippen LogP) is 2.39. The Labute approximate surface area is 100.0 Å². The summed E-state index contributed by atoms with van der Waals surface area (Å²) in [6.45, 7) is 1.76. The van der Waals surface area contributed by atoms with Crippen LogP contribution in [0.3, 0.4) is 0 Å². The fourth-order valence-electron chi connectivity index (χ4n) is 1.16. The molecule has 2 aromatic heterocycles. The maximum absolute atomic E-state index is 11.7. The lowest BCUT2D eigenvalue weighted by atomic mass is 10.2. The summed E-state index contributed by atoms with van der Waals surface area (Å²) < 4.78 is 5.45. The van der Waals surface area contributed by atoms with Gasteiger partial charge in [0, 0.05) is 17.8 Å². The van der Waals surface area contributed by atoms with E-state index in [2.05, 4.69) is 31.4 Å². The summed E-state index contributed by atoms with van der Waals surface area (Å²) in [5, 5.41) is 6.28. The molecule has 0 aromatic carbocycles. The molecule has 0 saturated heterocycles. The van der Waals surface area contributed by atoms with Crippen molar-refractivity contribution < 1.29 is 9.32 Å². The smallest absolute Gasteiger partial charge is 0.257 e. The number of amides is 1. The summed E-state index contributed by atoms with van der Waals surface area (Å²) in [5.74, 6) is 0.790. The molecule has 2 aromatic rings. The van der Waals surface area contributed by atoms with Crippen LogP contribution in [0.1, 0.15) is 16.1 Å². The van der Waals surface area contributed by atoms with Crippen molar-refractivity contribution in [1.29, 1.82) is 0 Å². The zero-order chi connectivity index (χ0) is 11.5. The number of rotatable bonds is 2. The van der Waals surface area contributed by atoms with Gasteiger partial charge >= 0.3 is 0 Å².